The molecule has 0 atom stereocenters. The zero-order chi connectivity index (χ0) is 28.6. The van der Waals surface area contributed by atoms with Gasteiger partial charge < -0.3 is 14.6 Å². The first kappa shape index (κ1) is 30.9. The number of carbonyl (C=O) groups is 1. The molecule has 0 saturated carbocycles. The number of pyridine rings is 1. The quantitative estimate of drug-likeness (QED) is 0.229. The van der Waals surface area contributed by atoms with Gasteiger partial charge in [0.15, 0.2) is 0 Å². The predicted octanol–water partition coefficient (Wildman–Crippen LogP) is 8.63. The predicted molar refractivity (Wildman–Crippen MR) is 172 cm³/mol. The van der Waals surface area contributed by atoms with Crippen LogP contribution in [0.15, 0.2) is 99.9 Å². The molecule has 1 amide bonds. The van der Waals surface area contributed by atoms with Crippen LogP contribution in [-0.4, -0.2) is 26.9 Å². The molecule has 41 heavy (non-hydrogen) atoms. The molecule has 2 aromatic heterocycles. The molecule has 4 aromatic rings. The molecule has 6 nitrogen and oxygen atoms in total. The molecule has 4 heterocycles. The molecular weight excluding hydrogens is 670 g/mol. The van der Waals surface area contributed by atoms with Crippen LogP contribution < -0.4 is 10.9 Å². The van der Waals surface area contributed by atoms with Gasteiger partial charge in [-0.05, 0) is 70.9 Å². The van der Waals surface area contributed by atoms with Crippen LogP contribution in [-0.2, 0) is 4.79 Å². The number of hydrogen-bond acceptors (Lipinski definition) is 4. The standard InChI is InChI=1S/C15H12Cl2N2O.C14H7BrCl2N2O.CH4/c1-9-5-6-12-14(15(20)18-8-19(12)7-9)13-10(16)3-2-4-11(13)17;15-8-4-5-11-13(14(20)18-7-19(11)6-8)12-9(16)2-1-3-10(12)17;/h2-7H,8H2,1H3,(H,18,20);1-7H;1H4. The van der Waals surface area contributed by atoms with Gasteiger partial charge in [-0.25, -0.2) is 0 Å². The van der Waals surface area contributed by atoms with E-state index in [0.29, 0.717) is 54.5 Å². The number of fused-ring (bicyclic) bond motifs is 2. The fourth-order valence-corrected chi connectivity index (χ4v) is 5.95. The summed E-state index contributed by atoms with van der Waals surface area (Å²) in [6.07, 6.45) is 9.16. The Morgan fingerprint density at radius 1 is 0.854 bits per heavy atom. The Hall–Kier alpha value is -3.07. The molecular formula is C30H23BrCl4N4O2. The van der Waals surface area contributed by atoms with Gasteiger partial charge >= 0.3 is 0 Å². The lowest BCUT2D eigenvalue weighted by molar-refractivity contribution is -0.116. The second-order valence-electron chi connectivity index (χ2n) is 8.86. The van der Waals surface area contributed by atoms with Crippen molar-refractivity contribution in [1.82, 2.24) is 19.6 Å². The van der Waals surface area contributed by atoms with Crippen molar-refractivity contribution >= 4 is 79.3 Å². The largest absolute Gasteiger partial charge is 0.334 e. The van der Waals surface area contributed by atoms with Gasteiger partial charge in [-0.3, -0.25) is 9.59 Å². The van der Waals surface area contributed by atoms with Crippen LogP contribution in [0.1, 0.15) is 19.9 Å². The monoisotopic (exact) mass is 690 g/mol. The third kappa shape index (κ3) is 6.25. The minimum absolute atomic E-state index is 0. The number of hydrogen-bond donors (Lipinski definition) is 1. The second-order valence-corrected chi connectivity index (χ2v) is 11.4. The highest BCUT2D eigenvalue weighted by Gasteiger charge is 2.28. The van der Waals surface area contributed by atoms with Crippen molar-refractivity contribution in [2.24, 2.45) is 0 Å². The number of benzene rings is 2. The summed E-state index contributed by atoms with van der Waals surface area (Å²) in [5.74, 6) is -0.163. The molecule has 0 bridgehead atoms. The van der Waals surface area contributed by atoms with Crippen LogP contribution in [0.3, 0.4) is 0 Å². The first-order valence-electron chi connectivity index (χ1n) is 11.9. The number of allylic oxidation sites excluding steroid dienone is 3. The van der Waals surface area contributed by atoms with Gasteiger partial charge in [0.1, 0.15) is 6.33 Å². The maximum Gasteiger partial charge on any atom is 0.281 e. The first-order valence-corrected chi connectivity index (χ1v) is 14.2. The SMILES string of the molecule is C.CC1=CN2CNC(=O)C(c3c(Cl)cccc3Cl)=C2C=C1.O=c1ncn2cc(Br)ccc2c1-c1c(Cl)cccc1Cl. The van der Waals surface area contributed by atoms with Crippen LogP contribution in [0.4, 0.5) is 0 Å². The van der Waals surface area contributed by atoms with Crippen molar-refractivity contribution in [3.05, 3.63) is 131 Å². The van der Waals surface area contributed by atoms with E-state index in [1.54, 1.807) is 40.8 Å². The van der Waals surface area contributed by atoms with Crippen molar-refractivity contribution in [2.45, 2.75) is 14.4 Å². The summed E-state index contributed by atoms with van der Waals surface area (Å²) in [4.78, 5) is 30.3. The molecule has 0 spiro atoms. The molecule has 1 N–H and O–H groups in total. The lowest BCUT2D eigenvalue weighted by Crippen LogP contribution is -2.41. The molecule has 0 unspecified atom stereocenters. The van der Waals surface area contributed by atoms with E-state index in [0.717, 1.165) is 15.7 Å². The van der Waals surface area contributed by atoms with Gasteiger partial charge in [0.25, 0.3) is 11.5 Å². The zero-order valence-corrected chi connectivity index (χ0v) is 25.4. The Balaban J connectivity index is 0.000000184. The summed E-state index contributed by atoms with van der Waals surface area (Å²) in [6.45, 7) is 2.45. The highest BCUT2D eigenvalue weighted by atomic mass is 79.9. The molecule has 0 radical (unpaired) electrons. The van der Waals surface area contributed by atoms with Gasteiger partial charge in [-0.15, -0.1) is 0 Å². The summed E-state index contributed by atoms with van der Waals surface area (Å²) in [7, 11) is 0. The van der Waals surface area contributed by atoms with Crippen LogP contribution in [0.5, 0.6) is 0 Å². The fraction of sp³-hybridized carbons (Fsp3) is 0.100. The number of halogens is 5. The van der Waals surface area contributed by atoms with E-state index in [-0.39, 0.29) is 18.9 Å². The van der Waals surface area contributed by atoms with Crippen molar-refractivity contribution in [3.8, 4) is 11.1 Å². The van der Waals surface area contributed by atoms with E-state index < -0.39 is 0 Å². The number of rotatable bonds is 2. The minimum atomic E-state index is -0.359. The Bertz CT molecular complexity index is 1790. The van der Waals surface area contributed by atoms with Crippen molar-refractivity contribution in [1.29, 1.82) is 0 Å². The smallest absolute Gasteiger partial charge is 0.281 e. The average Bonchev–Trinajstić information content (AvgIpc) is 2.91. The van der Waals surface area contributed by atoms with Gasteiger partial charge in [-0.1, -0.05) is 72.0 Å². The Labute approximate surface area is 265 Å². The van der Waals surface area contributed by atoms with Gasteiger partial charge in [0.05, 0.1) is 49.1 Å². The fourth-order valence-electron chi connectivity index (χ4n) is 4.42. The molecule has 2 aliphatic rings. The third-order valence-corrected chi connectivity index (χ3v) is 7.93. The van der Waals surface area contributed by atoms with E-state index in [2.05, 4.69) is 26.2 Å². The lowest BCUT2D eigenvalue weighted by atomic mass is 9.98. The number of aromatic nitrogens is 2. The number of amides is 1. The van der Waals surface area contributed by atoms with Crippen LogP contribution >= 0.6 is 62.3 Å². The molecule has 11 heteroatoms. The Morgan fingerprint density at radius 2 is 1.46 bits per heavy atom. The van der Waals surface area contributed by atoms with E-state index in [1.807, 2.05) is 48.5 Å². The Kier molecular flexibility index (Phi) is 9.67. The molecule has 6 rings (SSSR count). The molecule has 0 aliphatic carbocycles. The summed E-state index contributed by atoms with van der Waals surface area (Å²) >= 11 is 28.2. The molecule has 2 aromatic carbocycles. The van der Waals surface area contributed by atoms with E-state index in [9.17, 15) is 9.59 Å². The van der Waals surface area contributed by atoms with Crippen molar-refractivity contribution in [3.63, 3.8) is 0 Å². The maximum atomic E-state index is 12.3. The van der Waals surface area contributed by atoms with Gasteiger partial charge in [0.2, 0.25) is 0 Å². The maximum absolute atomic E-state index is 12.3. The summed E-state index contributed by atoms with van der Waals surface area (Å²) < 4.78 is 2.63. The average molecular weight is 693 g/mol. The molecule has 0 fully saturated rings. The van der Waals surface area contributed by atoms with Gasteiger partial charge in [-0.2, -0.15) is 4.98 Å². The molecule has 0 saturated heterocycles. The van der Waals surface area contributed by atoms with Crippen LogP contribution in [0.2, 0.25) is 20.1 Å². The number of nitrogens with zero attached hydrogens (tertiary/aromatic N) is 3. The highest BCUT2D eigenvalue weighted by Crippen LogP contribution is 2.37. The normalized spacial score (nSPS) is 14.0. The lowest BCUT2D eigenvalue weighted by Gasteiger charge is -2.32. The summed E-state index contributed by atoms with van der Waals surface area (Å²) in [6, 6.07) is 14.0. The number of carbonyl (C=O) groups excluding carboxylic acids is 1. The topological polar surface area (TPSA) is 66.7 Å². The van der Waals surface area contributed by atoms with Crippen molar-refractivity contribution < 1.29 is 4.79 Å². The summed E-state index contributed by atoms with van der Waals surface area (Å²) in [5.41, 5.74) is 4.26. The van der Waals surface area contributed by atoms with Crippen molar-refractivity contribution in [2.75, 3.05) is 6.67 Å². The zero-order valence-electron chi connectivity index (χ0n) is 20.8. The third-order valence-electron chi connectivity index (χ3n) is 6.20. The highest BCUT2D eigenvalue weighted by molar-refractivity contribution is 9.10. The Morgan fingerprint density at radius 3 is 2.10 bits per heavy atom. The minimum Gasteiger partial charge on any atom is -0.334 e. The summed E-state index contributed by atoms with van der Waals surface area (Å²) in [5, 5.41) is 4.62. The van der Waals surface area contributed by atoms with Crippen LogP contribution in [0.25, 0.3) is 22.2 Å². The van der Waals surface area contributed by atoms with E-state index >= 15 is 0 Å². The van der Waals surface area contributed by atoms with E-state index in [1.165, 1.54) is 6.33 Å². The molecule has 210 valence electrons. The first-order chi connectivity index (χ1) is 19.2. The number of nitrogens with one attached hydrogen (secondary N) is 1. The van der Waals surface area contributed by atoms with Crippen LogP contribution in [0, 0.1) is 0 Å². The van der Waals surface area contributed by atoms with Gasteiger partial charge in [0, 0.05) is 28.0 Å². The van der Waals surface area contributed by atoms with E-state index in [4.69, 9.17) is 46.4 Å². The molecule has 2 aliphatic heterocycles. The second kappa shape index (κ2) is 12.8.